The Morgan fingerprint density at radius 3 is 1.15 bits per heavy atom. The third-order valence-corrected chi connectivity index (χ3v) is 11.6. The van der Waals surface area contributed by atoms with Gasteiger partial charge in [0.25, 0.3) is 0 Å². The number of hydrogen-bond acceptors (Lipinski definition) is 1. The molecule has 4 heteroatoms. The molecule has 0 aliphatic carbocycles. The topological polar surface area (TPSA) is 17.1 Å². The summed E-state index contributed by atoms with van der Waals surface area (Å²) in [6, 6.07) is 0. The normalized spacial score (nSPS) is 12.6. The quantitative estimate of drug-likeness (QED) is 0.653. The molecule has 13 heavy (non-hydrogen) atoms. The summed E-state index contributed by atoms with van der Waals surface area (Å²) < 4.78 is 0. The first-order valence-electron chi connectivity index (χ1n) is 4.57. The molecule has 0 spiro atoms. The Morgan fingerprint density at radius 2 is 1.15 bits per heavy atom. The summed E-state index contributed by atoms with van der Waals surface area (Å²) in [5, 5.41) is 0.421. The van der Waals surface area contributed by atoms with E-state index in [1.54, 1.807) is 6.92 Å². The average Bonchev–Trinajstić information content (AvgIpc) is 1.49. The Hall–Kier alpha value is 0.701. The Kier molecular flexibility index (Phi) is 6.17. The Labute approximate surface area is 96.9 Å². The summed E-state index contributed by atoms with van der Waals surface area (Å²) >= 11 is 0. The van der Waals surface area contributed by atoms with Crippen molar-refractivity contribution in [2.75, 3.05) is 0 Å². The summed E-state index contributed by atoms with van der Waals surface area (Å²) in [6.07, 6.45) is 0. The second-order valence-corrected chi connectivity index (χ2v) is 17.0. The molecule has 1 radical (unpaired) electrons. The van der Waals surface area contributed by atoms with Gasteiger partial charge in [-0.2, -0.15) is 0 Å². The van der Waals surface area contributed by atoms with E-state index in [9.17, 15) is 4.79 Å². The monoisotopic (exact) mass is 209 g/mol. The molecule has 0 aromatic carbocycles. The van der Waals surface area contributed by atoms with Crippen molar-refractivity contribution in [3.05, 3.63) is 0 Å². The predicted molar refractivity (Wildman–Crippen MR) is 66.9 cm³/mol. The molecule has 0 rings (SSSR count). The fraction of sp³-hybridized carbons (Fsp3) is 0.889. The van der Waals surface area contributed by atoms with Crippen molar-refractivity contribution in [3.8, 4) is 0 Å². The molecular formula is C9H22LiOSi2. The fourth-order valence-corrected chi connectivity index (χ4v) is 15.4. The van der Waals surface area contributed by atoms with Gasteiger partial charge in [-0.25, -0.2) is 0 Å². The van der Waals surface area contributed by atoms with Crippen LogP contribution in [0.15, 0.2) is 0 Å². The zero-order chi connectivity index (χ0) is 10.2. The molecule has 0 saturated carbocycles. The van der Waals surface area contributed by atoms with Gasteiger partial charge in [0.05, 0.1) is 16.1 Å². The Bertz CT molecular complexity index is 165. The van der Waals surface area contributed by atoms with Gasteiger partial charge >= 0.3 is 0 Å². The van der Waals surface area contributed by atoms with Gasteiger partial charge in [0.15, 0.2) is 0 Å². The molecule has 0 N–H and O–H groups in total. The first kappa shape index (κ1) is 16.1. The second-order valence-electron chi connectivity index (χ2n) is 5.78. The molecule has 0 saturated heterocycles. The van der Waals surface area contributed by atoms with E-state index in [0.717, 1.165) is 0 Å². The van der Waals surface area contributed by atoms with E-state index in [1.807, 2.05) is 0 Å². The van der Waals surface area contributed by atoms with Crippen LogP contribution in [0.1, 0.15) is 6.92 Å². The molecule has 0 amide bonds. The summed E-state index contributed by atoms with van der Waals surface area (Å²) in [5.74, 6) is 0.424. The minimum absolute atomic E-state index is 0. The smallest absolute Gasteiger partial charge is 0.127 e. The van der Waals surface area contributed by atoms with Gasteiger partial charge in [-0.05, 0) is 6.92 Å². The van der Waals surface area contributed by atoms with Gasteiger partial charge in [-0.3, -0.25) is 0 Å². The number of hydrogen-bond donors (Lipinski definition) is 0. The molecule has 73 valence electrons. The van der Waals surface area contributed by atoms with Crippen LogP contribution >= 0.6 is 0 Å². The fourth-order valence-electron chi connectivity index (χ4n) is 2.52. The summed E-state index contributed by atoms with van der Waals surface area (Å²) in [6.45, 7) is 15.6. The summed E-state index contributed by atoms with van der Waals surface area (Å²) in [4.78, 5) is 11.5. The van der Waals surface area contributed by atoms with Gasteiger partial charge in [-0.15, -0.1) is 0 Å². The first-order chi connectivity index (χ1) is 5.07. The summed E-state index contributed by atoms with van der Waals surface area (Å²) in [7, 11) is -2.55. The molecular weight excluding hydrogens is 187 g/mol. The van der Waals surface area contributed by atoms with Crippen molar-refractivity contribution in [2.24, 2.45) is 0 Å². The molecule has 0 aromatic rings. The van der Waals surface area contributed by atoms with E-state index in [1.165, 1.54) is 0 Å². The van der Waals surface area contributed by atoms with Gasteiger partial charge < -0.3 is 4.79 Å². The number of Topliss-reactive ketones (excluding diaryl/α,β-unsaturated/α-hetero) is 1. The van der Waals surface area contributed by atoms with Crippen LogP contribution in [0.2, 0.25) is 44.4 Å². The molecule has 0 aliphatic heterocycles. The molecule has 0 aromatic heterocycles. The standard InChI is InChI=1S/C9H22OSi2.Li/c1-8(10)9(11(2,3)4)12(5,6)7;/h9H,1-7H3;. The maximum atomic E-state index is 11.5. The molecule has 0 heterocycles. The van der Waals surface area contributed by atoms with Crippen LogP contribution in [0.3, 0.4) is 0 Å². The van der Waals surface area contributed by atoms with Crippen molar-refractivity contribution in [1.82, 2.24) is 0 Å². The van der Waals surface area contributed by atoms with Gasteiger partial charge in [0, 0.05) is 24.0 Å². The van der Waals surface area contributed by atoms with Crippen LogP contribution in [-0.2, 0) is 4.79 Å². The summed E-state index contributed by atoms with van der Waals surface area (Å²) in [5.41, 5.74) is 0. The maximum absolute atomic E-state index is 11.5. The molecule has 0 aliphatic rings. The number of rotatable bonds is 3. The zero-order valence-electron chi connectivity index (χ0n) is 10.5. The molecule has 0 fully saturated rings. The molecule has 1 nitrogen and oxygen atoms in total. The predicted octanol–water partition coefficient (Wildman–Crippen LogP) is 2.78. The van der Waals surface area contributed by atoms with E-state index in [-0.39, 0.29) is 18.9 Å². The van der Waals surface area contributed by atoms with Crippen LogP contribution in [0, 0.1) is 0 Å². The number of ketones is 1. The number of carbonyl (C=O) groups excluding carboxylic acids is 1. The largest absolute Gasteiger partial charge is 0.300 e. The van der Waals surface area contributed by atoms with Crippen LogP contribution in [-0.4, -0.2) is 40.8 Å². The Balaban J connectivity index is 0. The minimum Gasteiger partial charge on any atom is -0.300 e. The van der Waals surface area contributed by atoms with Crippen molar-refractivity contribution in [3.63, 3.8) is 0 Å². The van der Waals surface area contributed by atoms with Crippen molar-refractivity contribution in [2.45, 2.75) is 51.4 Å². The van der Waals surface area contributed by atoms with E-state index >= 15 is 0 Å². The molecule has 0 bridgehead atoms. The van der Waals surface area contributed by atoms with Crippen molar-refractivity contribution in [1.29, 1.82) is 0 Å². The van der Waals surface area contributed by atoms with E-state index in [4.69, 9.17) is 0 Å². The van der Waals surface area contributed by atoms with E-state index < -0.39 is 16.1 Å². The van der Waals surface area contributed by atoms with Crippen molar-refractivity contribution >= 4 is 40.8 Å². The average molecular weight is 209 g/mol. The van der Waals surface area contributed by atoms with Crippen LogP contribution < -0.4 is 0 Å². The van der Waals surface area contributed by atoms with Crippen LogP contribution in [0.5, 0.6) is 0 Å². The first-order valence-corrected chi connectivity index (χ1v) is 11.7. The van der Waals surface area contributed by atoms with Gasteiger partial charge in [-0.1, -0.05) is 39.3 Å². The minimum atomic E-state index is -1.27. The Morgan fingerprint density at radius 1 is 0.923 bits per heavy atom. The van der Waals surface area contributed by atoms with E-state index in [0.29, 0.717) is 10.9 Å². The maximum Gasteiger partial charge on any atom is 0.127 e. The van der Waals surface area contributed by atoms with Crippen molar-refractivity contribution < 1.29 is 4.79 Å². The second kappa shape index (κ2) is 4.97. The SMILES string of the molecule is CC(=O)C([Si](C)(C)C)[Si](C)(C)C.[Li]. The third-order valence-electron chi connectivity index (χ3n) is 2.14. The van der Waals surface area contributed by atoms with Gasteiger partial charge in [0.1, 0.15) is 5.78 Å². The molecule has 0 unspecified atom stereocenters. The zero-order valence-corrected chi connectivity index (χ0v) is 12.5. The number of carbonyl (C=O) groups is 1. The van der Waals surface area contributed by atoms with Crippen LogP contribution in [0.25, 0.3) is 0 Å². The van der Waals surface area contributed by atoms with E-state index in [2.05, 4.69) is 39.3 Å². The molecule has 0 atom stereocenters. The van der Waals surface area contributed by atoms with Crippen LogP contribution in [0.4, 0.5) is 0 Å². The third kappa shape index (κ3) is 5.21. The van der Waals surface area contributed by atoms with Gasteiger partial charge in [0.2, 0.25) is 0 Å².